The summed E-state index contributed by atoms with van der Waals surface area (Å²) in [6, 6.07) is 1.79. The molecule has 0 amide bonds. The van der Waals surface area contributed by atoms with E-state index in [1.54, 1.807) is 6.07 Å². The molecule has 0 bridgehead atoms. The smallest absolute Gasteiger partial charge is 0.341 e. The van der Waals surface area contributed by atoms with Gasteiger partial charge in [-0.1, -0.05) is 0 Å². The summed E-state index contributed by atoms with van der Waals surface area (Å²) in [7, 11) is 1.35. The zero-order chi connectivity index (χ0) is 12.3. The minimum atomic E-state index is -0.381. The third-order valence-corrected chi connectivity index (χ3v) is 3.21. The molecule has 94 valence electrons. The molecule has 5 heteroatoms. The van der Waals surface area contributed by atoms with Crippen LogP contribution < -0.4 is 0 Å². The topological polar surface area (TPSA) is 62.9 Å². The number of nitrogens with zero attached hydrogens (tertiary/aromatic N) is 1. The molecule has 2 rings (SSSR count). The fourth-order valence-corrected chi connectivity index (χ4v) is 2.25. The molecule has 1 aromatic rings. The van der Waals surface area contributed by atoms with Crippen LogP contribution in [0.5, 0.6) is 0 Å². The molecule has 0 aromatic carbocycles. The van der Waals surface area contributed by atoms with Crippen molar-refractivity contribution in [2.24, 2.45) is 0 Å². The molecule has 1 N–H and O–H groups in total. The fourth-order valence-electron chi connectivity index (χ4n) is 2.25. The molecular formula is C12H17NO4. The number of esters is 1. The number of aliphatic hydroxyl groups is 1. The predicted molar refractivity (Wildman–Crippen MR) is 60.6 cm³/mol. The number of likely N-dealkylation sites (tertiary alicyclic amines) is 1. The van der Waals surface area contributed by atoms with Gasteiger partial charge in [-0.3, -0.25) is 4.90 Å². The standard InChI is InChI=1S/C12H17NO4/c1-16-12(15)10-4-6-17-11(10)7-13-5-2-3-9(13)8-14/h4,6,9,14H,2-3,5,7-8H2,1H3/t9-/m0/s1. The van der Waals surface area contributed by atoms with Crippen LogP contribution in [0.25, 0.3) is 0 Å². The Morgan fingerprint density at radius 2 is 2.53 bits per heavy atom. The fraction of sp³-hybridized carbons (Fsp3) is 0.583. The van der Waals surface area contributed by atoms with E-state index < -0.39 is 0 Å². The van der Waals surface area contributed by atoms with Crippen LogP contribution in [0.3, 0.4) is 0 Å². The van der Waals surface area contributed by atoms with E-state index in [9.17, 15) is 9.90 Å². The molecule has 0 aliphatic carbocycles. The summed E-state index contributed by atoms with van der Waals surface area (Å²) >= 11 is 0. The minimum Gasteiger partial charge on any atom is -0.467 e. The van der Waals surface area contributed by atoms with E-state index in [2.05, 4.69) is 9.64 Å². The van der Waals surface area contributed by atoms with E-state index in [1.165, 1.54) is 13.4 Å². The molecule has 2 heterocycles. The van der Waals surface area contributed by atoms with Crippen LogP contribution in [0.1, 0.15) is 29.0 Å². The maximum atomic E-state index is 11.5. The Balaban J connectivity index is 2.08. The highest BCUT2D eigenvalue weighted by atomic mass is 16.5. The van der Waals surface area contributed by atoms with Crippen molar-refractivity contribution in [2.45, 2.75) is 25.4 Å². The SMILES string of the molecule is COC(=O)c1ccoc1CN1CCC[C@H]1CO. The second-order valence-electron chi connectivity index (χ2n) is 4.20. The van der Waals surface area contributed by atoms with E-state index in [1.807, 2.05) is 0 Å². The van der Waals surface area contributed by atoms with Gasteiger partial charge in [-0.2, -0.15) is 0 Å². The molecule has 1 aromatic heterocycles. The van der Waals surface area contributed by atoms with E-state index >= 15 is 0 Å². The molecule has 1 fully saturated rings. The first-order chi connectivity index (χ1) is 8.26. The van der Waals surface area contributed by atoms with Crippen LogP contribution in [0.2, 0.25) is 0 Å². The van der Waals surface area contributed by atoms with E-state index in [0.29, 0.717) is 17.9 Å². The molecule has 17 heavy (non-hydrogen) atoms. The maximum absolute atomic E-state index is 11.5. The van der Waals surface area contributed by atoms with Gasteiger partial charge < -0.3 is 14.3 Å². The first kappa shape index (κ1) is 12.1. The van der Waals surface area contributed by atoms with Gasteiger partial charge in [0.15, 0.2) is 0 Å². The van der Waals surface area contributed by atoms with Gasteiger partial charge in [0.05, 0.1) is 26.5 Å². The van der Waals surface area contributed by atoms with E-state index in [4.69, 9.17) is 4.42 Å². The van der Waals surface area contributed by atoms with Gasteiger partial charge in [0, 0.05) is 6.04 Å². The molecule has 0 saturated carbocycles. The highest BCUT2D eigenvalue weighted by molar-refractivity contribution is 5.90. The van der Waals surface area contributed by atoms with Gasteiger partial charge in [0.2, 0.25) is 0 Å². The Kier molecular flexibility index (Phi) is 3.81. The van der Waals surface area contributed by atoms with Crippen LogP contribution in [0.15, 0.2) is 16.7 Å². The third kappa shape index (κ3) is 2.50. The van der Waals surface area contributed by atoms with E-state index in [-0.39, 0.29) is 18.6 Å². The molecule has 0 radical (unpaired) electrons. The van der Waals surface area contributed by atoms with Gasteiger partial charge in [0.1, 0.15) is 11.3 Å². The van der Waals surface area contributed by atoms with Crippen LogP contribution in [0.4, 0.5) is 0 Å². The van der Waals surface area contributed by atoms with Crippen molar-refractivity contribution in [3.05, 3.63) is 23.7 Å². The van der Waals surface area contributed by atoms with E-state index in [0.717, 1.165) is 19.4 Å². The highest BCUT2D eigenvalue weighted by Gasteiger charge is 2.26. The first-order valence-corrected chi connectivity index (χ1v) is 5.76. The Labute approximate surface area is 100.0 Å². The van der Waals surface area contributed by atoms with Crippen molar-refractivity contribution in [3.63, 3.8) is 0 Å². The summed E-state index contributed by atoms with van der Waals surface area (Å²) < 4.78 is 10.0. The van der Waals surface area contributed by atoms with Gasteiger partial charge in [0.25, 0.3) is 0 Å². The number of rotatable bonds is 4. The van der Waals surface area contributed by atoms with Crippen LogP contribution in [0, 0.1) is 0 Å². The first-order valence-electron chi connectivity index (χ1n) is 5.76. The van der Waals surface area contributed by atoms with Crippen molar-refractivity contribution in [3.8, 4) is 0 Å². The summed E-state index contributed by atoms with van der Waals surface area (Å²) in [6.45, 7) is 1.61. The number of ether oxygens (including phenoxy) is 1. The number of carbonyl (C=O) groups is 1. The van der Waals surface area contributed by atoms with Crippen molar-refractivity contribution in [1.82, 2.24) is 4.90 Å². The predicted octanol–water partition coefficient (Wildman–Crippen LogP) is 1.02. The Hall–Kier alpha value is -1.33. The second-order valence-corrected chi connectivity index (χ2v) is 4.20. The number of furan rings is 1. The van der Waals surface area contributed by atoms with Crippen LogP contribution in [-0.4, -0.2) is 42.3 Å². The molecule has 1 saturated heterocycles. The summed E-state index contributed by atoms with van der Waals surface area (Å²) in [5.74, 6) is 0.227. The normalized spacial score (nSPS) is 20.7. The van der Waals surface area contributed by atoms with Gasteiger partial charge in [-0.05, 0) is 25.5 Å². The number of carbonyl (C=O) groups excluding carboxylic acids is 1. The van der Waals surface area contributed by atoms with Gasteiger partial charge in [-0.25, -0.2) is 4.79 Å². The summed E-state index contributed by atoms with van der Waals surface area (Å²) in [6.07, 6.45) is 3.55. The molecule has 1 aliphatic rings. The van der Waals surface area contributed by atoms with Gasteiger partial charge in [-0.15, -0.1) is 0 Å². The lowest BCUT2D eigenvalue weighted by molar-refractivity contribution is 0.0595. The quantitative estimate of drug-likeness (QED) is 0.795. The maximum Gasteiger partial charge on any atom is 0.341 e. The average Bonchev–Trinajstić information content (AvgIpc) is 2.97. The van der Waals surface area contributed by atoms with Crippen molar-refractivity contribution in [1.29, 1.82) is 0 Å². The zero-order valence-electron chi connectivity index (χ0n) is 9.89. The Morgan fingerprint density at radius 3 is 3.24 bits per heavy atom. The number of aliphatic hydroxyl groups excluding tert-OH is 1. The zero-order valence-corrected chi connectivity index (χ0v) is 9.89. The number of hydrogen-bond acceptors (Lipinski definition) is 5. The summed E-state index contributed by atoms with van der Waals surface area (Å²) in [5, 5.41) is 9.23. The monoisotopic (exact) mass is 239 g/mol. The Bertz CT molecular complexity index is 388. The van der Waals surface area contributed by atoms with Crippen molar-refractivity contribution < 1.29 is 19.1 Å². The molecule has 0 unspecified atom stereocenters. The minimum absolute atomic E-state index is 0.147. The number of hydrogen-bond donors (Lipinski definition) is 1. The molecule has 5 nitrogen and oxygen atoms in total. The molecule has 0 spiro atoms. The van der Waals surface area contributed by atoms with Crippen LogP contribution >= 0.6 is 0 Å². The highest BCUT2D eigenvalue weighted by Crippen LogP contribution is 2.22. The Morgan fingerprint density at radius 1 is 1.71 bits per heavy atom. The second kappa shape index (κ2) is 5.33. The number of methoxy groups -OCH3 is 1. The lowest BCUT2D eigenvalue weighted by Crippen LogP contribution is -2.31. The lowest BCUT2D eigenvalue weighted by Gasteiger charge is -2.21. The lowest BCUT2D eigenvalue weighted by atomic mass is 10.2. The molecule has 1 atom stereocenters. The van der Waals surface area contributed by atoms with Crippen molar-refractivity contribution in [2.75, 3.05) is 20.3 Å². The summed E-state index contributed by atoms with van der Waals surface area (Å²) in [4.78, 5) is 13.6. The average molecular weight is 239 g/mol. The largest absolute Gasteiger partial charge is 0.467 e. The molecule has 1 aliphatic heterocycles. The van der Waals surface area contributed by atoms with Gasteiger partial charge >= 0.3 is 5.97 Å². The summed E-state index contributed by atoms with van der Waals surface area (Å²) in [5.41, 5.74) is 0.469. The third-order valence-electron chi connectivity index (χ3n) is 3.21. The van der Waals surface area contributed by atoms with Crippen LogP contribution in [-0.2, 0) is 11.3 Å². The van der Waals surface area contributed by atoms with Crippen molar-refractivity contribution >= 4 is 5.97 Å². The molecular weight excluding hydrogens is 222 g/mol.